The van der Waals surface area contributed by atoms with Crippen LogP contribution in [-0.2, 0) is 4.79 Å². The number of nitrogens with zero attached hydrogens (tertiary/aromatic N) is 1. The smallest absolute Gasteiger partial charge is 0.224 e. The van der Waals surface area contributed by atoms with Crippen molar-refractivity contribution in [3.05, 3.63) is 0 Å². The van der Waals surface area contributed by atoms with Gasteiger partial charge in [-0.25, -0.2) is 0 Å². The van der Waals surface area contributed by atoms with Crippen LogP contribution in [0.5, 0.6) is 0 Å². The summed E-state index contributed by atoms with van der Waals surface area (Å²) in [5, 5.41) is 2.85. The van der Waals surface area contributed by atoms with Crippen molar-refractivity contribution in [2.24, 2.45) is 5.92 Å². The molecule has 78 valence electrons. The number of carbonyl (C=O) groups is 1. The number of hydrogen-bond donors (Lipinski definition) is 1. The van der Waals surface area contributed by atoms with Gasteiger partial charge in [-0.2, -0.15) is 0 Å². The first-order valence-corrected chi connectivity index (χ1v) is 5.02. The van der Waals surface area contributed by atoms with Crippen molar-refractivity contribution in [1.82, 2.24) is 10.2 Å². The first-order chi connectivity index (χ1) is 5.99. The standard InChI is InChI=1S/C9H19ClN2O/c1-7(5-10)9(13)11-6-8(2)12(3)4/h7-8H,5-6H2,1-4H3,(H,11,13). The highest BCUT2D eigenvalue weighted by Crippen LogP contribution is 1.97. The van der Waals surface area contributed by atoms with Crippen molar-refractivity contribution in [2.75, 3.05) is 26.5 Å². The van der Waals surface area contributed by atoms with Crippen molar-refractivity contribution in [3.8, 4) is 0 Å². The Bertz CT molecular complexity index is 162. The molecule has 2 atom stereocenters. The lowest BCUT2D eigenvalue weighted by Gasteiger charge is -2.20. The van der Waals surface area contributed by atoms with E-state index < -0.39 is 0 Å². The zero-order valence-corrected chi connectivity index (χ0v) is 9.56. The van der Waals surface area contributed by atoms with E-state index in [2.05, 4.69) is 17.1 Å². The summed E-state index contributed by atoms with van der Waals surface area (Å²) >= 11 is 5.55. The highest BCUT2D eigenvalue weighted by atomic mass is 35.5. The van der Waals surface area contributed by atoms with Gasteiger partial charge in [0.2, 0.25) is 5.91 Å². The second-order valence-corrected chi connectivity index (χ2v) is 3.92. The molecule has 0 bridgehead atoms. The van der Waals surface area contributed by atoms with Crippen LogP contribution in [0, 0.1) is 5.92 Å². The third-order valence-corrected chi connectivity index (χ3v) is 2.60. The summed E-state index contributed by atoms with van der Waals surface area (Å²) < 4.78 is 0. The Labute approximate surface area is 85.4 Å². The number of hydrogen-bond acceptors (Lipinski definition) is 2. The highest BCUT2D eigenvalue weighted by Gasteiger charge is 2.12. The molecule has 0 aliphatic carbocycles. The van der Waals surface area contributed by atoms with Gasteiger partial charge in [0.15, 0.2) is 0 Å². The molecule has 0 spiro atoms. The van der Waals surface area contributed by atoms with Crippen LogP contribution in [0.15, 0.2) is 0 Å². The van der Waals surface area contributed by atoms with Gasteiger partial charge in [-0.3, -0.25) is 4.79 Å². The van der Waals surface area contributed by atoms with Gasteiger partial charge >= 0.3 is 0 Å². The lowest BCUT2D eigenvalue weighted by atomic mass is 10.2. The summed E-state index contributed by atoms with van der Waals surface area (Å²) in [6.45, 7) is 4.56. The Morgan fingerprint density at radius 1 is 1.46 bits per heavy atom. The molecule has 13 heavy (non-hydrogen) atoms. The van der Waals surface area contributed by atoms with Crippen LogP contribution in [0.1, 0.15) is 13.8 Å². The molecular weight excluding hydrogens is 188 g/mol. The minimum atomic E-state index is -0.101. The predicted molar refractivity (Wildman–Crippen MR) is 56.0 cm³/mol. The maximum Gasteiger partial charge on any atom is 0.224 e. The van der Waals surface area contributed by atoms with E-state index in [4.69, 9.17) is 11.6 Å². The third-order valence-electron chi connectivity index (χ3n) is 2.13. The Morgan fingerprint density at radius 2 is 2.00 bits per heavy atom. The van der Waals surface area contributed by atoms with E-state index >= 15 is 0 Å². The summed E-state index contributed by atoms with van der Waals surface area (Å²) in [6, 6.07) is 0.353. The Balaban J connectivity index is 3.70. The lowest BCUT2D eigenvalue weighted by Crippen LogP contribution is -2.40. The van der Waals surface area contributed by atoms with Gasteiger partial charge in [0.05, 0.1) is 0 Å². The second kappa shape index (κ2) is 6.22. The molecule has 0 saturated carbocycles. The molecule has 0 aromatic carbocycles. The summed E-state index contributed by atoms with van der Waals surface area (Å²) in [5.74, 6) is 0.307. The summed E-state index contributed by atoms with van der Waals surface area (Å²) in [7, 11) is 3.98. The molecule has 0 radical (unpaired) electrons. The number of halogens is 1. The van der Waals surface area contributed by atoms with Gasteiger partial charge in [-0.05, 0) is 21.0 Å². The molecule has 1 amide bonds. The number of nitrogens with one attached hydrogen (secondary N) is 1. The Hall–Kier alpha value is -0.280. The molecule has 0 saturated heterocycles. The fraction of sp³-hybridized carbons (Fsp3) is 0.889. The Kier molecular flexibility index (Phi) is 6.08. The van der Waals surface area contributed by atoms with E-state index in [0.29, 0.717) is 18.5 Å². The van der Waals surface area contributed by atoms with Crippen LogP contribution >= 0.6 is 11.6 Å². The topological polar surface area (TPSA) is 32.3 Å². The molecule has 1 N–H and O–H groups in total. The maximum absolute atomic E-state index is 11.3. The van der Waals surface area contributed by atoms with Gasteiger partial charge < -0.3 is 10.2 Å². The van der Waals surface area contributed by atoms with Crippen LogP contribution in [0.3, 0.4) is 0 Å². The van der Waals surface area contributed by atoms with Crippen LogP contribution in [0.4, 0.5) is 0 Å². The van der Waals surface area contributed by atoms with E-state index in [0.717, 1.165) is 0 Å². The fourth-order valence-corrected chi connectivity index (χ4v) is 0.815. The second-order valence-electron chi connectivity index (χ2n) is 3.61. The molecule has 0 aliphatic rings. The fourth-order valence-electron chi connectivity index (χ4n) is 0.675. The molecule has 0 aromatic rings. The summed E-state index contributed by atoms with van der Waals surface area (Å²) in [4.78, 5) is 13.3. The third kappa shape index (κ3) is 5.11. The summed E-state index contributed by atoms with van der Waals surface area (Å²) in [5.41, 5.74) is 0. The predicted octanol–water partition coefficient (Wildman–Crippen LogP) is 0.928. The van der Waals surface area contributed by atoms with Gasteiger partial charge in [-0.1, -0.05) is 6.92 Å². The maximum atomic E-state index is 11.3. The number of amides is 1. The average molecular weight is 207 g/mol. The zero-order chi connectivity index (χ0) is 10.4. The van der Waals surface area contributed by atoms with Gasteiger partial charge in [0, 0.05) is 24.4 Å². The van der Waals surface area contributed by atoms with Gasteiger partial charge in [0.25, 0.3) is 0 Å². The van der Waals surface area contributed by atoms with Crippen LogP contribution < -0.4 is 5.32 Å². The molecule has 0 heterocycles. The molecular formula is C9H19ClN2O. The van der Waals surface area contributed by atoms with Crippen molar-refractivity contribution in [2.45, 2.75) is 19.9 Å². The van der Waals surface area contributed by atoms with Crippen LogP contribution in [0.2, 0.25) is 0 Å². The summed E-state index contributed by atoms with van der Waals surface area (Å²) in [6.07, 6.45) is 0. The zero-order valence-electron chi connectivity index (χ0n) is 8.80. The minimum Gasteiger partial charge on any atom is -0.354 e. The number of alkyl halides is 1. The van der Waals surface area contributed by atoms with Crippen molar-refractivity contribution < 1.29 is 4.79 Å². The molecule has 4 heteroatoms. The monoisotopic (exact) mass is 206 g/mol. The molecule has 0 rings (SSSR count). The normalized spacial score (nSPS) is 15.5. The van der Waals surface area contributed by atoms with E-state index in [9.17, 15) is 4.79 Å². The van der Waals surface area contributed by atoms with E-state index in [-0.39, 0.29) is 11.8 Å². The number of carbonyl (C=O) groups excluding carboxylic acids is 1. The SMILES string of the molecule is CC(CCl)C(=O)NCC(C)N(C)C. The highest BCUT2D eigenvalue weighted by molar-refractivity contribution is 6.19. The van der Waals surface area contributed by atoms with E-state index in [1.165, 1.54) is 0 Å². The first kappa shape index (κ1) is 12.7. The molecule has 0 aliphatic heterocycles. The van der Waals surface area contributed by atoms with Gasteiger partial charge in [0.1, 0.15) is 0 Å². The van der Waals surface area contributed by atoms with Crippen molar-refractivity contribution in [3.63, 3.8) is 0 Å². The minimum absolute atomic E-state index is 0.0312. The van der Waals surface area contributed by atoms with E-state index in [1.54, 1.807) is 0 Å². The van der Waals surface area contributed by atoms with Gasteiger partial charge in [-0.15, -0.1) is 11.6 Å². The molecule has 2 unspecified atom stereocenters. The van der Waals surface area contributed by atoms with E-state index in [1.807, 2.05) is 21.0 Å². The largest absolute Gasteiger partial charge is 0.354 e. The van der Waals surface area contributed by atoms with Crippen molar-refractivity contribution >= 4 is 17.5 Å². The molecule has 0 aromatic heterocycles. The number of likely N-dealkylation sites (N-methyl/N-ethyl adjacent to an activating group) is 1. The quantitative estimate of drug-likeness (QED) is 0.679. The van der Waals surface area contributed by atoms with Crippen molar-refractivity contribution in [1.29, 1.82) is 0 Å². The molecule has 0 fully saturated rings. The van der Waals surface area contributed by atoms with Crippen LogP contribution in [-0.4, -0.2) is 43.4 Å². The van der Waals surface area contributed by atoms with Crippen LogP contribution in [0.25, 0.3) is 0 Å². The first-order valence-electron chi connectivity index (χ1n) is 4.49. The average Bonchev–Trinajstić information content (AvgIpc) is 2.11. The lowest BCUT2D eigenvalue weighted by molar-refractivity contribution is -0.124. The molecule has 3 nitrogen and oxygen atoms in total. The number of rotatable bonds is 5. The Morgan fingerprint density at radius 3 is 2.38 bits per heavy atom.